The van der Waals surface area contributed by atoms with Crippen molar-refractivity contribution in [2.45, 2.75) is 29.5 Å². The van der Waals surface area contributed by atoms with Crippen LogP contribution in [0.15, 0.2) is 29.2 Å². The van der Waals surface area contributed by atoms with Crippen LogP contribution in [0, 0.1) is 11.3 Å². The van der Waals surface area contributed by atoms with Gasteiger partial charge in [0.2, 0.25) is 5.78 Å². The zero-order valence-corrected chi connectivity index (χ0v) is 13.2. The van der Waals surface area contributed by atoms with E-state index in [1.807, 2.05) is 0 Å². The molecule has 0 amide bonds. The Morgan fingerprint density at radius 2 is 1.81 bits per heavy atom. The van der Waals surface area contributed by atoms with Gasteiger partial charge in [-0.15, -0.1) is 0 Å². The predicted molar refractivity (Wildman–Crippen MR) is 78.0 cm³/mol. The van der Waals surface area contributed by atoms with Gasteiger partial charge >= 0.3 is 0 Å². The third-order valence-electron chi connectivity index (χ3n) is 2.87. The SMILES string of the molecule is CCCC(=O)C(Cl)(C#N)C(=O)c1ccc(S(C)(=O)=O)cc1. The van der Waals surface area contributed by atoms with E-state index in [9.17, 15) is 18.0 Å². The Kier molecular flexibility index (Phi) is 5.26. The van der Waals surface area contributed by atoms with Crippen molar-refractivity contribution >= 4 is 33.0 Å². The van der Waals surface area contributed by atoms with Crippen LogP contribution in [0.3, 0.4) is 0 Å². The number of Topliss-reactive ketones (excluding diaryl/α,β-unsaturated/α-hetero) is 2. The maximum atomic E-state index is 12.3. The van der Waals surface area contributed by atoms with E-state index in [-0.39, 0.29) is 16.9 Å². The summed E-state index contributed by atoms with van der Waals surface area (Å²) >= 11 is 5.89. The summed E-state index contributed by atoms with van der Waals surface area (Å²) in [5.74, 6) is -1.50. The molecule has 1 atom stereocenters. The first-order valence-corrected chi connectivity index (χ1v) is 8.42. The number of hydrogen-bond acceptors (Lipinski definition) is 5. The average Bonchev–Trinajstić information content (AvgIpc) is 2.45. The molecule has 0 aliphatic heterocycles. The number of halogens is 1. The number of hydrogen-bond donors (Lipinski definition) is 0. The fourth-order valence-corrected chi connectivity index (χ4v) is 2.53. The molecule has 1 aromatic rings. The molecule has 0 N–H and O–H groups in total. The molecule has 0 heterocycles. The Bertz CT molecular complexity index is 703. The zero-order chi connectivity index (χ0) is 16.3. The molecular weight excluding hydrogens is 314 g/mol. The van der Waals surface area contributed by atoms with Crippen molar-refractivity contribution in [2.24, 2.45) is 0 Å². The summed E-state index contributed by atoms with van der Waals surface area (Å²) in [4.78, 5) is 21.9. The summed E-state index contributed by atoms with van der Waals surface area (Å²) in [6.07, 6.45) is 1.52. The largest absolute Gasteiger partial charge is 0.296 e. The van der Waals surface area contributed by atoms with Gasteiger partial charge in [-0.25, -0.2) is 8.42 Å². The van der Waals surface area contributed by atoms with E-state index in [1.165, 1.54) is 24.3 Å². The molecule has 7 heteroatoms. The maximum absolute atomic E-state index is 12.3. The van der Waals surface area contributed by atoms with Crippen molar-refractivity contribution in [2.75, 3.05) is 6.26 Å². The molecule has 0 saturated carbocycles. The summed E-state index contributed by atoms with van der Waals surface area (Å²) in [6.45, 7) is 1.73. The first-order chi connectivity index (χ1) is 9.66. The monoisotopic (exact) mass is 327 g/mol. The lowest BCUT2D eigenvalue weighted by Crippen LogP contribution is -2.39. The number of benzene rings is 1. The van der Waals surface area contributed by atoms with Crippen molar-refractivity contribution in [1.29, 1.82) is 5.26 Å². The molecule has 21 heavy (non-hydrogen) atoms. The fourth-order valence-electron chi connectivity index (χ4n) is 1.69. The van der Waals surface area contributed by atoms with Gasteiger partial charge in [-0.3, -0.25) is 9.59 Å². The van der Waals surface area contributed by atoms with E-state index in [1.54, 1.807) is 13.0 Å². The minimum Gasteiger partial charge on any atom is -0.296 e. The van der Waals surface area contributed by atoms with Gasteiger partial charge in [0.1, 0.15) is 6.07 Å². The van der Waals surface area contributed by atoms with Crippen LogP contribution in [0.5, 0.6) is 0 Å². The Labute approximate surface area is 128 Å². The highest BCUT2D eigenvalue weighted by Gasteiger charge is 2.43. The maximum Gasteiger partial charge on any atom is 0.250 e. The molecule has 0 aliphatic rings. The second-order valence-corrected chi connectivity index (χ2v) is 7.15. The zero-order valence-electron chi connectivity index (χ0n) is 11.6. The molecule has 0 aromatic heterocycles. The Hall–Kier alpha value is -1.71. The molecule has 1 aromatic carbocycles. The third-order valence-corrected chi connectivity index (χ3v) is 4.47. The van der Waals surface area contributed by atoms with E-state index < -0.39 is 26.3 Å². The smallest absolute Gasteiger partial charge is 0.250 e. The second-order valence-electron chi connectivity index (χ2n) is 4.57. The topological polar surface area (TPSA) is 92.1 Å². The van der Waals surface area contributed by atoms with Crippen LogP contribution in [-0.2, 0) is 14.6 Å². The normalized spacial score (nSPS) is 14.0. The molecule has 1 unspecified atom stereocenters. The number of rotatable bonds is 6. The van der Waals surface area contributed by atoms with E-state index in [2.05, 4.69) is 0 Å². The standard InChI is InChI=1S/C14H14ClNO4S/c1-3-4-12(17)14(15,9-16)13(18)10-5-7-11(8-6-10)21(2,19)20/h5-8H,3-4H2,1-2H3. The molecule has 0 spiro atoms. The van der Waals surface area contributed by atoms with E-state index in [0.717, 1.165) is 6.26 Å². The van der Waals surface area contributed by atoms with Gasteiger partial charge in [-0.1, -0.05) is 18.5 Å². The molecule has 1 rings (SSSR count). The number of nitrogens with zero attached hydrogens (tertiary/aromatic N) is 1. The lowest BCUT2D eigenvalue weighted by atomic mass is 9.92. The number of alkyl halides is 1. The van der Waals surface area contributed by atoms with Crippen molar-refractivity contribution in [3.05, 3.63) is 29.8 Å². The van der Waals surface area contributed by atoms with Crippen molar-refractivity contribution < 1.29 is 18.0 Å². The number of ketones is 2. The van der Waals surface area contributed by atoms with Crippen LogP contribution < -0.4 is 0 Å². The first kappa shape index (κ1) is 17.3. The summed E-state index contributed by atoms with van der Waals surface area (Å²) in [7, 11) is -3.39. The Morgan fingerprint density at radius 3 is 2.19 bits per heavy atom. The average molecular weight is 328 g/mol. The van der Waals surface area contributed by atoms with Gasteiger partial charge in [-0.05, 0) is 30.7 Å². The highest BCUT2D eigenvalue weighted by atomic mass is 35.5. The highest BCUT2D eigenvalue weighted by Crippen LogP contribution is 2.25. The Morgan fingerprint density at radius 1 is 1.29 bits per heavy atom. The van der Waals surface area contributed by atoms with Crippen LogP contribution >= 0.6 is 11.6 Å². The summed E-state index contributed by atoms with van der Waals surface area (Å²) in [5.41, 5.74) is 0.0170. The molecule has 0 aliphatic carbocycles. The summed E-state index contributed by atoms with van der Waals surface area (Å²) in [6, 6.07) is 6.51. The second kappa shape index (κ2) is 6.37. The summed E-state index contributed by atoms with van der Waals surface area (Å²) < 4.78 is 22.7. The van der Waals surface area contributed by atoms with Crippen LogP contribution in [0.25, 0.3) is 0 Å². The first-order valence-electron chi connectivity index (χ1n) is 6.15. The molecule has 0 bridgehead atoms. The van der Waals surface area contributed by atoms with Crippen molar-refractivity contribution in [3.63, 3.8) is 0 Å². The number of nitriles is 1. The number of carbonyl (C=O) groups excluding carboxylic acids is 2. The van der Waals surface area contributed by atoms with Crippen molar-refractivity contribution in [1.82, 2.24) is 0 Å². The predicted octanol–water partition coefficient (Wildman–Crippen LogP) is 2.14. The van der Waals surface area contributed by atoms with Crippen LogP contribution in [0.2, 0.25) is 0 Å². The minimum atomic E-state index is -3.39. The van der Waals surface area contributed by atoms with E-state index in [4.69, 9.17) is 16.9 Å². The lowest BCUT2D eigenvalue weighted by molar-refractivity contribution is -0.119. The fraction of sp³-hybridized carbons (Fsp3) is 0.357. The molecule has 5 nitrogen and oxygen atoms in total. The van der Waals surface area contributed by atoms with Crippen LogP contribution in [0.1, 0.15) is 30.1 Å². The number of sulfone groups is 1. The van der Waals surface area contributed by atoms with Gasteiger partial charge in [0.25, 0.3) is 4.87 Å². The van der Waals surface area contributed by atoms with Gasteiger partial charge in [0.15, 0.2) is 15.6 Å². The molecular formula is C14H14ClNO4S. The van der Waals surface area contributed by atoms with E-state index >= 15 is 0 Å². The van der Waals surface area contributed by atoms with Gasteiger partial charge in [0.05, 0.1) is 4.90 Å². The van der Waals surface area contributed by atoms with Crippen LogP contribution in [-0.4, -0.2) is 31.1 Å². The van der Waals surface area contributed by atoms with Gasteiger partial charge in [-0.2, -0.15) is 5.26 Å². The van der Waals surface area contributed by atoms with Gasteiger partial charge < -0.3 is 0 Å². The lowest BCUT2D eigenvalue weighted by Gasteiger charge is -2.16. The molecule has 0 radical (unpaired) electrons. The van der Waals surface area contributed by atoms with Crippen LogP contribution in [0.4, 0.5) is 0 Å². The molecule has 0 saturated heterocycles. The molecule has 0 fully saturated rings. The minimum absolute atomic E-state index is 0.0170. The quantitative estimate of drug-likeness (QED) is 0.453. The third kappa shape index (κ3) is 3.69. The summed E-state index contributed by atoms with van der Waals surface area (Å²) in [5, 5.41) is 9.08. The van der Waals surface area contributed by atoms with Gasteiger partial charge in [0, 0.05) is 18.2 Å². The highest BCUT2D eigenvalue weighted by molar-refractivity contribution is 7.90. The number of carbonyl (C=O) groups is 2. The Balaban J connectivity index is 3.19. The van der Waals surface area contributed by atoms with Crippen molar-refractivity contribution in [3.8, 4) is 6.07 Å². The van der Waals surface area contributed by atoms with E-state index in [0.29, 0.717) is 6.42 Å². The molecule has 112 valence electrons.